The highest BCUT2D eigenvalue weighted by Gasteiger charge is 2.37. The lowest BCUT2D eigenvalue weighted by Gasteiger charge is -2.04. The summed E-state index contributed by atoms with van der Waals surface area (Å²) in [5.41, 5.74) is 0.393. The van der Waals surface area contributed by atoms with Gasteiger partial charge in [0.15, 0.2) is 0 Å². The third kappa shape index (κ3) is 2.99. The van der Waals surface area contributed by atoms with Crippen LogP contribution in [0.2, 0.25) is 5.02 Å². The molecule has 10 heteroatoms. The Morgan fingerprint density at radius 1 is 1.45 bits per heavy atom. The maximum Gasteiger partial charge on any atom is 0.453 e. The van der Waals surface area contributed by atoms with E-state index in [0.29, 0.717) is 10.2 Å². The van der Waals surface area contributed by atoms with E-state index in [9.17, 15) is 18.3 Å². The largest absolute Gasteiger partial charge is 0.506 e. The summed E-state index contributed by atoms with van der Waals surface area (Å²) >= 11 is 10.3. The zero-order chi connectivity index (χ0) is 14.9. The van der Waals surface area contributed by atoms with E-state index in [0.717, 1.165) is 6.21 Å². The molecule has 0 fully saturated rings. The average Bonchev–Trinajstić information content (AvgIpc) is 2.72. The molecule has 5 nitrogen and oxygen atoms in total. The second kappa shape index (κ2) is 5.25. The van der Waals surface area contributed by atoms with Crippen molar-refractivity contribution in [3.63, 3.8) is 0 Å². The van der Waals surface area contributed by atoms with E-state index in [4.69, 9.17) is 11.6 Å². The number of aromatic nitrogens is 3. The molecule has 0 bridgehead atoms. The predicted octanol–water partition coefficient (Wildman–Crippen LogP) is 3.20. The van der Waals surface area contributed by atoms with Gasteiger partial charge in [-0.05, 0) is 36.0 Å². The Kier molecular flexibility index (Phi) is 3.82. The zero-order valence-electron chi connectivity index (χ0n) is 9.52. The number of nitrogens with zero attached hydrogens (tertiary/aromatic N) is 3. The highest BCUT2D eigenvalue weighted by atomic mass is 35.5. The van der Waals surface area contributed by atoms with Crippen LogP contribution in [0, 0.1) is 4.77 Å². The topological polar surface area (TPSA) is 66.2 Å². The quantitative estimate of drug-likeness (QED) is 0.659. The van der Waals surface area contributed by atoms with Crippen molar-refractivity contribution in [1.82, 2.24) is 14.9 Å². The van der Waals surface area contributed by atoms with Crippen molar-refractivity contribution in [2.24, 2.45) is 5.10 Å². The lowest BCUT2D eigenvalue weighted by molar-refractivity contribution is -0.147. The third-order valence-electron chi connectivity index (χ3n) is 2.20. The van der Waals surface area contributed by atoms with Gasteiger partial charge in [-0.1, -0.05) is 11.6 Å². The highest BCUT2D eigenvalue weighted by molar-refractivity contribution is 7.71. The number of hydrogen-bond donors (Lipinski definition) is 2. The number of rotatable bonds is 2. The number of halogens is 4. The highest BCUT2D eigenvalue weighted by Crippen LogP contribution is 2.27. The Bertz CT molecular complexity index is 722. The normalized spacial score (nSPS) is 12.2. The Morgan fingerprint density at radius 2 is 2.15 bits per heavy atom. The van der Waals surface area contributed by atoms with Crippen LogP contribution < -0.4 is 0 Å². The van der Waals surface area contributed by atoms with Gasteiger partial charge < -0.3 is 5.11 Å². The van der Waals surface area contributed by atoms with Crippen molar-refractivity contribution in [2.75, 3.05) is 0 Å². The molecule has 0 amide bonds. The predicted molar refractivity (Wildman–Crippen MR) is 68.5 cm³/mol. The van der Waals surface area contributed by atoms with Gasteiger partial charge in [0.1, 0.15) is 5.75 Å². The van der Waals surface area contributed by atoms with Crippen LogP contribution in [0.1, 0.15) is 11.4 Å². The van der Waals surface area contributed by atoms with Crippen LogP contribution in [0.3, 0.4) is 0 Å². The molecule has 0 spiro atoms. The summed E-state index contributed by atoms with van der Waals surface area (Å²) in [5, 5.41) is 18.0. The van der Waals surface area contributed by atoms with Crippen molar-refractivity contribution in [3.8, 4) is 5.75 Å². The number of H-pyrrole nitrogens is 1. The summed E-state index contributed by atoms with van der Waals surface area (Å²) in [6, 6.07) is 4.07. The second-order valence-corrected chi connectivity index (χ2v) is 4.41. The standard InChI is InChI=1S/C10H6ClF3N4OS/c11-6-3-5(1-2-7(6)19)4-15-18-8(10(12,13)14)16-17-9(18)20/h1-4,19H,(H,17,20)/b15-4-. The van der Waals surface area contributed by atoms with Crippen LogP contribution in [0.25, 0.3) is 0 Å². The molecule has 1 aromatic carbocycles. The van der Waals surface area contributed by atoms with Gasteiger partial charge in [-0.2, -0.15) is 22.9 Å². The fourth-order valence-electron chi connectivity index (χ4n) is 1.31. The first-order valence-corrected chi connectivity index (χ1v) is 5.85. The van der Waals surface area contributed by atoms with Gasteiger partial charge >= 0.3 is 6.18 Å². The number of aromatic hydroxyl groups is 1. The minimum absolute atomic E-state index is 0.0563. The van der Waals surface area contributed by atoms with Gasteiger partial charge in [0, 0.05) is 0 Å². The zero-order valence-corrected chi connectivity index (χ0v) is 11.1. The molecule has 0 radical (unpaired) electrons. The fraction of sp³-hybridized carbons (Fsp3) is 0.100. The first kappa shape index (κ1) is 14.5. The van der Waals surface area contributed by atoms with Gasteiger partial charge in [0.05, 0.1) is 11.2 Å². The van der Waals surface area contributed by atoms with E-state index < -0.39 is 12.0 Å². The molecule has 0 aliphatic carbocycles. The fourth-order valence-corrected chi connectivity index (χ4v) is 1.68. The van der Waals surface area contributed by atoms with Crippen molar-refractivity contribution >= 4 is 30.0 Å². The van der Waals surface area contributed by atoms with E-state index in [1.807, 2.05) is 5.10 Å². The van der Waals surface area contributed by atoms with E-state index >= 15 is 0 Å². The number of phenols is 1. The van der Waals surface area contributed by atoms with Crippen LogP contribution in [0.5, 0.6) is 5.75 Å². The smallest absolute Gasteiger partial charge is 0.453 e. The minimum Gasteiger partial charge on any atom is -0.506 e. The van der Waals surface area contributed by atoms with Crippen LogP contribution in [0.4, 0.5) is 13.2 Å². The molecule has 2 N–H and O–H groups in total. The Labute approximate surface area is 120 Å². The lowest BCUT2D eigenvalue weighted by atomic mass is 10.2. The molecule has 20 heavy (non-hydrogen) atoms. The molecular weight excluding hydrogens is 317 g/mol. The van der Waals surface area contributed by atoms with Crippen LogP contribution in [0.15, 0.2) is 23.3 Å². The van der Waals surface area contributed by atoms with Crippen molar-refractivity contribution in [2.45, 2.75) is 6.18 Å². The Hall–Kier alpha value is -1.87. The number of phenolic OH excluding ortho intramolecular Hbond substituents is 1. The van der Waals surface area contributed by atoms with Gasteiger partial charge in [-0.15, -0.1) is 5.10 Å². The van der Waals surface area contributed by atoms with Gasteiger partial charge in [-0.25, -0.2) is 5.10 Å². The first-order chi connectivity index (χ1) is 9.29. The molecular formula is C10H6ClF3N4OS. The summed E-state index contributed by atoms with van der Waals surface area (Å²) < 4.78 is 38.0. The molecule has 2 aromatic rings. The van der Waals surface area contributed by atoms with E-state index in [1.165, 1.54) is 18.2 Å². The summed E-state index contributed by atoms with van der Waals surface area (Å²) in [5.74, 6) is -1.40. The molecule has 106 valence electrons. The van der Waals surface area contributed by atoms with Crippen LogP contribution in [-0.2, 0) is 6.18 Å². The SMILES string of the molecule is Oc1ccc(/C=N\n2c(C(F)(F)F)n[nH]c2=S)cc1Cl. The van der Waals surface area contributed by atoms with Crippen LogP contribution >= 0.6 is 23.8 Å². The summed E-state index contributed by atoms with van der Waals surface area (Å²) in [4.78, 5) is 0. The second-order valence-electron chi connectivity index (χ2n) is 3.62. The molecule has 0 aliphatic heterocycles. The van der Waals surface area contributed by atoms with E-state index in [2.05, 4.69) is 22.4 Å². The van der Waals surface area contributed by atoms with E-state index in [1.54, 1.807) is 0 Å². The Balaban J connectivity index is 2.39. The number of aromatic amines is 1. The summed E-state index contributed by atoms with van der Waals surface area (Å²) in [6.45, 7) is 0. The monoisotopic (exact) mass is 322 g/mol. The van der Waals surface area contributed by atoms with E-state index in [-0.39, 0.29) is 15.5 Å². The van der Waals surface area contributed by atoms with Gasteiger partial charge in [-0.3, -0.25) is 0 Å². The number of benzene rings is 1. The molecule has 0 saturated carbocycles. The van der Waals surface area contributed by atoms with Gasteiger partial charge in [0.25, 0.3) is 5.82 Å². The molecule has 1 heterocycles. The van der Waals surface area contributed by atoms with Crippen molar-refractivity contribution in [3.05, 3.63) is 39.4 Å². The van der Waals surface area contributed by atoms with Gasteiger partial charge in [0.2, 0.25) is 4.77 Å². The average molecular weight is 323 g/mol. The van der Waals surface area contributed by atoms with Crippen molar-refractivity contribution < 1.29 is 18.3 Å². The van der Waals surface area contributed by atoms with Crippen LogP contribution in [-0.4, -0.2) is 26.2 Å². The number of hydrogen-bond acceptors (Lipinski definition) is 4. The molecule has 0 atom stereocenters. The van der Waals surface area contributed by atoms with Crippen molar-refractivity contribution in [1.29, 1.82) is 0 Å². The molecule has 2 rings (SSSR count). The molecule has 0 saturated heterocycles. The maximum absolute atomic E-state index is 12.6. The first-order valence-electron chi connectivity index (χ1n) is 5.06. The molecule has 1 aromatic heterocycles. The molecule has 0 unspecified atom stereocenters. The minimum atomic E-state index is -4.68. The third-order valence-corrected chi connectivity index (χ3v) is 2.76. The molecule has 0 aliphatic rings. The maximum atomic E-state index is 12.6. The lowest BCUT2D eigenvalue weighted by Crippen LogP contribution is -2.12. The summed E-state index contributed by atoms with van der Waals surface area (Å²) in [6.07, 6.45) is -3.57. The number of nitrogens with one attached hydrogen (secondary N) is 1. The summed E-state index contributed by atoms with van der Waals surface area (Å²) in [7, 11) is 0. The Morgan fingerprint density at radius 3 is 2.75 bits per heavy atom. The number of alkyl halides is 3.